The summed E-state index contributed by atoms with van der Waals surface area (Å²) in [5, 5.41) is 3.89. The van der Waals surface area contributed by atoms with Crippen LogP contribution in [0.15, 0.2) is 18.2 Å². The van der Waals surface area contributed by atoms with E-state index in [-0.39, 0.29) is 0 Å². The van der Waals surface area contributed by atoms with Gasteiger partial charge in [-0.15, -0.1) is 0 Å². The molecule has 132 valence electrons. The lowest BCUT2D eigenvalue weighted by Gasteiger charge is -2.36. The molecule has 3 heterocycles. The van der Waals surface area contributed by atoms with Gasteiger partial charge in [0, 0.05) is 55.5 Å². The summed E-state index contributed by atoms with van der Waals surface area (Å²) in [4.78, 5) is 5.31. The maximum Gasteiger partial charge on any atom is 0.0375 e. The Hall–Kier alpha value is -0.710. The van der Waals surface area contributed by atoms with Crippen LogP contribution in [0.2, 0.25) is 0 Å². The van der Waals surface area contributed by atoms with Crippen LogP contribution in [0.25, 0.3) is 0 Å². The van der Waals surface area contributed by atoms with Gasteiger partial charge < -0.3 is 10.2 Å². The molecular weight excluding hydrogens is 314 g/mol. The maximum absolute atomic E-state index is 3.89. The summed E-state index contributed by atoms with van der Waals surface area (Å²) >= 11 is 2.09. The zero-order chi connectivity index (χ0) is 16.4. The van der Waals surface area contributed by atoms with Crippen LogP contribution in [0, 0.1) is 6.92 Å². The Bertz CT molecular complexity index is 556. The van der Waals surface area contributed by atoms with E-state index in [0.29, 0.717) is 6.04 Å². The van der Waals surface area contributed by atoms with Crippen LogP contribution in [-0.4, -0.2) is 59.6 Å². The minimum atomic E-state index is 0.657. The number of hydrogen-bond donors (Lipinski definition) is 1. The van der Waals surface area contributed by atoms with Crippen LogP contribution in [0.1, 0.15) is 36.8 Å². The van der Waals surface area contributed by atoms with E-state index < -0.39 is 0 Å². The molecule has 1 N–H and O–H groups in total. The summed E-state index contributed by atoms with van der Waals surface area (Å²) in [5.41, 5.74) is 4.34. The summed E-state index contributed by atoms with van der Waals surface area (Å²) in [5.74, 6) is 2.58. The lowest BCUT2D eigenvalue weighted by atomic mass is 9.96. The van der Waals surface area contributed by atoms with Gasteiger partial charge >= 0.3 is 0 Å². The second kappa shape index (κ2) is 7.67. The monoisotopic (exact) mass is 345 g/mol. The highest BCUT2D eigenvalue weighted by molar-refractivity contribution is 7.99. The van der Waals surface area contributed by atoms with Crippen LogP contribution in [0.5, 0.6) is 0 Å². The third kappa shape index (κ3) is 3.76. The van der Waals surface area contributed by atoms with Gasteiger partial charge in [0.05, 0.1) is 0 Å². The second-order valence-electron chi connectivity index (χ2n) is 7.68. The molecule has 1 aromatic carbocycles. The molecule has 3 aliphatic rings. The van der Waals surface area contributed by atoms with E-state index in [4.69, 9.17) is 0 Å². The number of nitrogens with one attached hydrogen (secondary N) is 1. The normalized spacial score (nSPS) is 28.7. The van der Waals surface area contributed by atoms with Gasteiger partial charge in [-0.3, -0.25) is 4.90 Å². The third-order valence-electron chi connectivity index (χ3n) is 6.12. The fourth-order valence-electron chi connectivity index (χ4n) is 4.59. The van der Waals surface area contributed by atoms with Gasteiger partial charge in [-0.05, 0) is 56.3 Å². The Morgan fingerprint density at radius 2 is 2.00 bits per heavy atom. The first-order valence-corrected chi connectivity index (χ1v) is 10.8. The zero-order valence-corrected chi connectivity index (χ0v) is 15.8. The number of rotatable bonds is 4. The van der Waals surface area contributed by atoms with Crippen molar-refractivity contribution < 1.29 is 0 Å². The molecule has 0 aliphatic carbocycles. The van der Waals surface area contributed by atoms with Crippen molar-refractivity contribution in [2.45, 2.75) is 51.2 Å². The molecule has 4 heteroatoms. The van der Waals surface area contributed by atoms with Crippen LogP contribution in [0.3, 0.4) is 0 Å². The Balaban J connectivity index is 1.40. The van der Waals surface area contributed by atoms with Crippen LogP contribution >= 0.6 is 11.8 Å². The van der Waals surface area contributed by atoms with Crippen LogP contribution in [0.4, 0.5) is 5.69 Å². The van der Waals surface area contributed by atoms with E-state index in [0.717, 1.165) is 12.6 Å². The van der Waals surface area contributed by atoms with Crippen molar-refractivity contribution in [3.05, 3.63) is 29.3 Å². The topological polar surface area (TPSA) is 18.5 Å². The highest BCUT2D eigenvalue weighted by atomic mass is 32.2. The lowest BCUT2D eigenvalue weighted by Crippen LogP contribution is -2.42. The number of nitrogens with zero attached hydrogens (tertiary/aromatic N) is 2. The summed E-state index contributed by atoms with van der Waals surface area (Å²) in [7, 11) is 0. The van der Waals surface area contributed by atoms with Crippen molar-refractivity contribution >= 4 is 17.4 Å². The van der Waals surface area contributed by atoms with E-state index in [9.17, 15) is 0 Å². The zero-order valence-electron chi connectivity index (χ0n) is 15.0. The molecule has 3 aliphatic heterocycles. The molecule has 3 fully saturated rings. The molecule has 0 saturated carbocycles. The molecular formula is C20H31N3S. The molecule has 0 aromatic heterocycles. The highest BCUT2D eigenvalue weighted by Gasteiger charge is 2.31. The molecule has 4 rings (SSSR count). The molecule has 24 heavy (non-hydrogen) atoms. The average Bonchev–Trinajstić information content (AvgIpc) is 3.07. The van der Waals surface area contributed by atoms with E-state index >= 15 is 0 Å². The summed E-state index contributed by atoms with van der Waals surface area (Å²) < 4.78 is 0. The Kier molecular flexibility index (Phi) is 5.35. The predicted octanol–water partition coefficient (Wildman–Crippen LogP) is 3.58. The van der Waals surface area contributed by atoms with Crippen molar-refractivity contribution in [1.29, 1.82) is 0 Å². The van der Waals surface area contributed by atoms with E-state index in [1.165, 1.54) is 80.2 Å². The number of anilines is 1. The van der Waals surface area contributed by atoms with Gasteiger partial charge in [0.25, 0.3) is 0 Å². The second-order valence-corrected chi connectivity index (χ2v) is 8.90. The standard InChI is InChI=1S/C20H31N3S/c1-16-17(15-22-10-12-24-13-11-22)4-2-6-20(16)21-18-7-9-23-8-3-5-19(23)14-18/h2,4,6,18-19,21H,3,5,7-15H2,1H3/t18-,19-/m0/s1. The Morgan fingerprint density at radius 1 is 1.12 bits per heavy atom. The number of benzene rings is 1. The van der Waals surface area contributed by atoms with Gasteiger partial charge in [-0.25, -0.2) is 0 Å². The van der Waals surface area contributed by atoms with Gasteiger partial charge in [0.15, 0.2) is 0 Å². The first-order valence-electron chi connectivity index (χ1n) is 9.69. The minimum Gasteiger partial charge on any atom is -0.382 e. The van der Waals surface area contributed by atoms with Gasteiger partial charge in [-0.2, -0.15) is 11.8 Å². The quantitative estimate of drug-likeness (QED) is 0.898. The highest BCUT2D eigenvalue weighted by Crippen LogP contribution is 2.30. The number of hydrogen-bond acceptors (Lipinski definition) is 4. The van der Waals surface area contributed by atoms with E-state index in [1.54, 1.807) is 0 Å². The number of fused-ring (bicyclic) bond motifs is 1. The van der Waals surface area contributed by atoms with Crippen molar-refractivity contribution in [2.24, 2.45) is 0 Å². The molecule has 3 saturated heterocycles. The first-order chi connectivity index (χ1) is 11.8. The fraction of sp³-hybridized carbons (Fsp3) is 0.700. The van der Waals surface area contributed by atoms with Crippen molar-refractivity contribution in [3.8, 4) is 0 Å². The summed E-state index contributed by atoms with van der Waals surface area (Å²) in [6, 6.07) is 8.34. The SMILES string of the molecule is Cc1c(CN2CCSCC2)cccc1N[C@H]1CCN2CCC[C@H]2C1. The average molecular weight is 346 g/mol. The van der Waals surface area contributed by atoms with Crippen LogP contribution < -0.4 is 5.32 Å². The molecule has 0 amide bonds. The van der Waals surface area contributed by atoms with E-state index in [1.807, 2.05) is 0 Å². The third-order valence-corrected chi connectivity index (χ3v) is 7.07. The van der Waals surface area contributed by atoms with Crippen molar-refractivity contribution in [3.63, 3.8) is 0 Å². The lowest BCUT2D eigenvalue weighted by molar-refractivity contribution is 0.188. The van der Waals surface area contributed by atoms with Crippen LogP contribution in [-0.2, 0) is 6.54 Å². The maximum atomic E-state index is 3.89. The first kappa shape index (κ1) is 16.7. The fourth-order valence-corrected chi connectivity index (χ4v) is 5.57. The molecule has 0 spiro atoms. The molecule has 1 aromatic rings. The van der Waals surface area contributed by atoms with Gasteiger partial charge in [0.1, 0.15) is 0 Å². The molecule has 2 atom stereocenters. The molecule has 0 bridgehead atoms. The van der Waals surface area contributed by atoms with Crippen molar-refractivity contribution in [2.75, 3.05) is 43.0 Å². The van der Waals surface area contributed by atoms with Crippen molar-refractivity contribution in [1.82, 2.24) is 9.80 Å². The number of piperidine rings is 1. The molecule has 3 nitrogen and oxygen atoms in total. The number of thioether (sulfide) groups is 1. The predicted molar refractivity (Wildman–Crippen MR) is 105 cm³/mol. The summed E-state index contributed by atoms with van der Waals surface area (Å²) in [6.45, 7) is 8.51. The largest absolute Gasteiger partial charge is 0.382 e. The Morgan fingerprint density at radius 3 is 2.88 bits per heavy atom. The van der Waals surface area contributed by atoms with Gasteiger partial charge in [-0.1, -0.05) is 12.1 Å². The van der Waals surface area contributed by atoms with E-state index in [2.05, 4.69) is 52.0 Å². The smallest absolute Gasteiger partial charge is 0.0375 e. The molecule has 0 radical (unpaired) electrons. The summed E-state index contributed by atoms with van der Waals surface area (Å²) in [6.07, 6.45) is 5.43. The Labute approximate surface area is 151 Å². The van der Waals surface area contributed by atoms with Gasteiger partial charge in [0.2, 0.25) is 0 Å². The molecule has 0 unspecified atom stereocenters. The minimum absolute atomic E-state index is 0.657.